The van der Waals surface area contributed by atoms with Gasteiger partial charge in [-0.25, -0.2) is 8.15 Å². The van der Waals surface area contributed by atoms with Crippen molar-refractivity contribution in [3.8, 4) is 0 Å². The van der Waals surface area contributed by atoms with E-state index in [2.05, 4.69) is 43.7 Å². The number of halogens is 2. The largest absolute Gasteiger partial charge is 0.221 e. The molecule has 0 aromatic heterocycles. The Bertz CT molecular complexity index is 49.5. The van der Waals surface area contributed by atoms with E-state index in [0.717, 1.165) is 0 Å². The molecule has 0 aromatic rings. The Morgan fingerprint density at radius 1 is 1.33 bits per heavy atom. The van der Waals surface area contributed by atoms with Crippen LogP contribution >= 0.6 is 30.9 Å². The van der Waals surface area contributed by atoms with Gasteiger partial charge >= 0.3 is 0 Å². The molecule has 0 aliphatic heterocycles. The molecular weight excluding hydrogens is 166 g/mol. The van der Waals surface area contributed by atoms with Crippen LogP contribution in [-0.4, -0.2) is 0 Å². The molecule has 38 valence electrons. The Hall–Kier alpha value is 1.15. The molecule has 0 aliphatic rings. The maximum atomic E-state index is 4.68. The van der Waals surface area contributed by atoms with Gasteiger partial charge in [-0.1, -0.05) is 0 Å². The molecule has 0 aliphatic carbocycles. The van der Waals surface area contributed by atoms with E-state index in [-0.39, 0.29) is 0 Å². The van der Waals surface area contributed by atoms with Crippen LogP contribution in [0.15, 0.2) is 0 Å². The normalized spacial score (nSPS) is 9.83. The van der Waals surface area contributed by atoms with Crippen LogP contribution in [0.3, 0.4) is 0 Å². The predicted octanol–water partition coefficient (Wildman–Crippen LogP) is 1.83. The second-order valence-corrected chi connectivity index (χ2v) is 3.14. The lowest BCUT2D eigenvalue weighted by Crippen LogP contribution is -1.51. The number of hydrogen-bond donors (Lipinski definition) is 0. The molecular formula is HCl2O2PS. The van der Waals surface area contributed by atoms with Crippen molar-refractivity contribution < 1.29 is 8.15 Å². The van der Waals surface area contributed by atoms with Gasteiger partial charge in [-0.15, -0.1) is 0 Å². The highest BCUT2D eigenvalue weighted by atomic mass is 35.5. The summed E-state index contributed by atoms with van der Waals surface area (Å²) in [6.45, 7) is 0. The minimum Gasteiger partial charge on any atom is -0.221 e. The lowest BCUT2D eigenvalue weighted by Gasteiger charge is -1.85. The lowest BCUT2D eigenvalue weighted by atomic mass is 15.8. The van der Waals surface area contributed by atoms with Crippen LogP contribution in [0, 0.1) is 0 Å². The summed E-state index contributed by atoms with van der Waals surface area (Å²) < 4.78 is 7.87. The highest BCUT2D eigenvalue weighted by Crippen LogP contribution is 2.26. The first-order chi connectivity index (χ1) is 2.81. The topological polar surface area (TPSA) is 18.5 Å². The minimum absolute atomic E-state index is 1.75. The van der Waals surface area contributed by atoms with E-state index in [0.29, 0.717) is 0 Å². The standard InChI is InChI=1S/Cl2HO2PS/c1-3-5(6)4-2/h5H. The Balaban J connectivity index is 2.99. The Kier molecular flexibility index (Phi) is 5.14. The van der Waals surface area contributed by atoms with Gasteiger partial charge in [0, 0.05) is 0 Å². The third-order valence-electron chi connectivity index (χ3n) is 0.126. The van der Waals surface area contributed by atoms with E-state index in [9.17, 15) is 0 Å². The quantitative estimate of drug-likeness (QED) is 0.584. The summed E-state index contributed by atoms with van der Waals surface area (Å²) in [5.74, 6) is 0. The molecule has 0 N–H and O–H groups in total. The molecule has 0 fully saturated rings. The van der Waals surface area contributed by atoms with E-state index in [1.165, 1.54) is 0 Å². The van der Waals surface area contributed by atoms with Gasteiger partial charge in [0.05, 0.1) is 23.7 Å². The highest BCUT2D eigenvalue weighted by molar-refractivity contribution is 8.01. The van der Waals surface area contributed by atoms with Crippen LogP contribution in [0.4, 0.5) is 0 Å². The van der Waals surface area contributed by atoms with Gasteiger partial charge in [-0.05, 0) is 11.8 Å². The van der Waals surface area contributed by atoms with Crippen molar-refractivity contribution in [1.82, 2.24) is 0 Å². The predicted molar refractivity (Wildman–Crippen MR) is 29.6 cm³/mol. The highest BCUT2D eigenvalue weighted by Gasteiger charge is 1.83. The van der Waals surface area contributed by atoms with Crippen LogP contribution in [0.1, 0.15) is 0 Å². The molecule has 0 unspecified atom stereocenters. The molecule has 0 bridgehead atoms. The average molecular weight is 167 g/mol. The summed E-state index contributed by atoms with van der Waals surface area (Å²) in [5.41, 5.74) is 0. The molecule has 6 heteroatoms. The minimum atomic E-state index is -1.75. The Morgan fingerprint density at radius 2 is 1.67 bits per heavy atom. The smallest absolute Gasteiger partial charge is 0.214 e. The van der Waals surface area contributed by atoms with Crippen molar-refractivity contribution in [3.05, 3.63) is 0 Å². The van der Waals surface area contributed by atoms with Gasteiger partial charge in [0.15, 0.2) is 0 Å². The first-order valence-electron chi connectivity index (χ1n) is 0.921. The van der Waals surface area contributed by atoms with Crippen LogP contribution in [-0.2, 0) is 20.0 Å². The fraction of sp³-hybridized carbons (Fsp3) is 0. The summed E-state index contributed by atoms with van der Waals surface area (Å²) in [6, 6.07) is 0. The summed E-state index contributed by atoms with van der Waals surface area (Å²) in [5, 5.41) is 0. The second-order valence-electron chi connectivity index (χ2n) is 0.404. The first-order valence-corrected chi connectivity index (χ1v) is 3.99. The molecule has 0 saturated carbocycles. The maximum Gasteiger partial charge on any atom is 0.214 e. The number of rotatable bonds is 2. The van der Waals surface area contributed by atoms with E-state index < -0.39 is 7.15 Å². The first kappa shape index (κ1) is 7.15. The van der Waals surface area contributed by atoms with E-state index >= 15 is 0 Å². The van der Waals surface area contributed by atoms with Crippen molar-refractivity contribution in [3.63, 3.8) is 0 Å². The molecule has 0 heterocycles. The molecule has 0 spiro atoms. The van der Waals surface area contributed by atoms with Gasteiger partial charge in [0.1, 0.15) is 0 Å². The molecule has 0 radical (unpaired) electrons. The monoisotopic (exact) mass is 166 g/mol. The fourth-order valence-electron chi connectivity index (χ4n) is 0.0119. The van der Waals surface area contributed by atoms with Gasteiger partial charge < -0.3 is 0 Å². The summed E-state index contributed by atoms with van der Waals surface area (Å²) in [6.07, 6.45) is 0. The van der Waals surface area contributed by atoms with E-state index in [4.69, 9.17) is 0 Å². The second kappa shape index (κ2) is 4.31. The van der Waals surface area contributed by atoms with Crippen molar-refractivity contribution >= 4 is 42.7 Å². The zero-order valence-corrected chi connectivity index (χ0v) is 5.81. The summed E-state index contributed by atoms with van der Waals surface area (Å²) in [4.78, 5) is 0. The average Bonchev–Trinajstić information content (AvgIpc) is 1.65. The van der Waals surface area contributed by atoms with Crippen LogP contribution < -0.4 is 0 Å². The van der Waals surface area contributed by atoms with Crippen LogP contribution in [0.2, 0.25) is 0 Å². The molecule has 0 rings (SSSR count). The SMILES string of the molecule is S=[PH](OCl)OCl. The Labute approximate surface area is 51.3 Å². The summed E-state index contributed by atoms with van der Waals surface area (Å²) >= 11 is 13.7. The van der Waals surface area contributed by atoms with Crippen molar-refractivity contribution in [2.24, 2.45) is 0 Å². The molecule has 0 atom stereocenters. The molecule has 0 saturated heterocycles. The van der Waals surface area contributed by atoms with Crippen LogP contribution in [0.5, 0.6) is 0 Å². The van der Waals surface area contributed by atoms with Gasteiger partial charge in [0.25, 0.3) is 0 Å². The van der Waals surface area contributed by atoms with Gasteiger partial charge in [-0.2, -0.15) is 0 Å². The summed E-state index contributed by atoms with van der Waals surface area (Å²) in [7, 11) is -1.75. The lowest BCUT2D eigenvalue weighted by molar-refractivity contribution is 0.577. The third-order valence-corrected chi connectivity index (χ3v) is 2.27. The van der Waals surface area contributed by atoms with E-state index in [1.807, 2.05) is 0 Å². The number of hydrogen-bond acceptors (Lipinski definition) is 3. The van der Waals surface area contributed by atoms with Crippen LogP contribution in [0.25, 0.3) is 0 Å². The molecule has 6 heavy (non-hydrogen) atoms. The van der Waals surface area contributed by atoms with Gasteiger partial charge in [-0.3, -0.25) is 0 Å². The maximum absolute atomic E-state index is 4.68. The molecule has 0 aromatic carbocycles. The Morgan fingerprint density at radius 3 is 1.67 bits per heavy atom. The fourth-order valence-corrected chi connectivity index (χ4v) is 0.321. The van der Waals surface area contributed by atoms with Gasteiger partial charge in [0.2, 0.25) is 7.15 Å². The van der Waals surface area contributed by atoms with Crippen molar-refractivity contribution in [1.29, 1.82) is 0 Å². The molecule has 0 amide bonds. The van der Waals surface area contributed by atoms with Crippen molar-refractivity contribution in [2.45, 2.75) is 0 Å². The zero-order chi connectivity index (χ0) is 4.99. The van der Waals surface area contributed by atoms with Crippen molar-refractivity contribution in [2.75, 3.05) is 0 Å². The third kappa shape index (κ3) is 3.34. The molecule has 2 nitrogen and oxygen atoms in total. The van der Waals surface area contributed by atoms with E-state index in [1.54, 1.807) is 0 Å². The zero-order valence-electron chi connectivity index (χ0n) is 2.48.